The number of rotatable bonds is 6. The Morgan fingerprint density at radius 3 is 2.57 bits per heavy atom. The molecule has 28 heavy (non-hydrogen) atoms. The van der Waals surface area contributed by atoms with E-state index in [-0.39, 0.29) is 17.1 Å². The summed E-state index contributed by atoms with van der Waals surface area (Å²) in [5.74, 6) is -0.515. The smallest absolute Gasteiger partial charge is 0.322 e. The summed E-state index contributed by atoms with van der Waals surface area (Å²) in [5.41, 5.74) is 2.69. The van der Waals surface area contributed by atoms with Gasteiger partial charge in [0.2, 0.25) is 0 Å². The number of urea groups is 1. The number of benzene rings is 2. The SMILES string of the molecule is CC(C)N(Cc1cccn1Cc1ccccc1)C(=O)Nc1ccc(F)c(Cl)c1. The van der Waals surface area contributed by atoms with E-state index in [0.717, 1.165) is 12.2 Å². The molecule has 2 aromatic carbocycles. The number of carbonyl (C=O) groups is 1. The van der Waals surface area contributed by atoms with Crippen LogP contribution in [0.2, 0.25) is 5.02 Å². The zero-order chi connectivity index (χ0) is 20.1. The predicted octanol–water partition coefficient (Wildman–Crippen LogP) is 5.77. The molecule has 0 bridgehead atoms. The maximum atomic E-state index is 13.3. The van der Waals surface area contributed by atoms with E-state index < -0.39 is 5.82 Å². The van der Waals surface area contributed by atoms with Crippen LogP contribution in [-0.2, 0) is 13.1 Å². The molecule has 146 valence electrons. The average molecular weight is 400 g/mol. The van der Waals surface area contributed by atoms with Crippen LogP contribution in [0.3, 0.4) is 0 Å². The normalized spacial score (nSPS) is 10.9. The number of halogens is 2. The van der Waals surface area contributed by atoms with Gasteiger partial charge < -0.3 is 14.8 Å². The summed E-state index contributed by atoms with van der Waals surface area (Å²) in [7, 11) is 0. The summed E-state index contributed by atoms with van der Waals surface area (Å²) in [6, 6.07) is 18.0. The van der Waals surface area contributed by atoms with Gasteiger partial charge in [0, 0.05) is 30.2 Å². The Labute approximate surface area is 169 Å². The van der Waals surface area contributed by atoms with Crippen molar-refractivity contribution in [2.75, 3.05) is 5.32 Å². The third-order valence-corrected chi connectivity index (χ3v) is 4.80. The highest BCUT2D eigenvalue weighted by Crippen LogP contribution is 2.20. The van der Waals surface area contributed by atoms with Crippen LogP contribution in [0.15, 0.2) is 66.9 Å². The molecular formula is C22H23ClFN3O. The van der Waals surface area contributed by atoms with Gasteiger partial charge in [-0.15, -0.1) is 0 Å². The molecule has 4 nitrogen and oxygen atoms in total. The molecule has 3 aromatic rings. The second-order valence-corrected chi connectivity index (χ2v) is 7.30. The van der Waals surface area contributed by atoms with Crippen molar-refractivity contribution in [3.05, 3.63) is 89.0 Å². The minimum atomic E-state index is -0.515. The van der Waals surface area contributed by atoms with E-state index in [1.165, 1.54) is 23.8 Å². The number of nitrogens with one attached hydrogen (secondary N) is 1. The van der Waals surface area contributed by atoms with Gasteiger partial charge in [-0.1, -0.05) is 41.9 Å². The third kappa shape index (κ3) is 4.93. The van der Waals surface area contributed by atoms with Crippen molar-refractivity contribution in [3.63, 3.8) is 0 Å². The Balaban J connectivity index is 1.74. The summed E-state index contributed by atoms with van der Waals surface area (Å²) in [6.07, 6.45) is 2.01. The van der Waals surface area contributed by atoms with Crippen molar-refractivity contribution < 1.29 is 9.18 Å². The maximum Gasteiger partial charge on any atom is 0.322 e. The summed E-state index contributed by atoms with van der Waals surface area (Å²) >= 11 is 5.81. The fourth-order valence-electron chi connectivity index (χ4n) is 2.96. The lowest BCUT2D eigenvalue weighted by Gasteiger charge is -2.27. The van der Waals surface area contributed by atoms with Crippen LogP contribution in [0.1, 0.15) is 25.1 Å². The van der Waals surface area contributed by atoms with Crippen molar-refractivity contribution in [2.24, 2.45) is 0 Å². The monoisotopic (exact) mass is 399 g/mol. The van der Waals surface area contributed by atoms with Crippen LogP contribution >= 0.6 is 11.6 Å². The Bertz CT molecular complexity index is 940. The molecule has 0 spiro atoms. The zero-order valence-corrected chi connectivity index (χ0v) is 16.7. The summed E-state index contributed by atoms with van der Waals surface area (Å²) in [5, 5.41) is 2.78. The topological polar surface area (TPSA) is 37.3 Å². The number of aromatic nitrogens is 1. The van der Waals surface area contributed by atoms with Crippen molar-refractivity contribution in [1.82, 2.24) is 9.47 Å². The molecule has 0 radical (unpaired) electrons. The van der Waals surface area contributed by atoms with E-state index in [9.17, 15) is 9.18 Å². The summed E-state index contributed by atoms with van der Waals surface area (Å²) < 4.78 is 15.5. The standard InChI is InChI=1S/C22H23ClFN3O/c1-16(2)27(22(28)25-18-10-11-21(24)20(23)13-18)15-19-9-6-12-26(19)14-17-7-4-3-5-8-17/h3-13,16H,14-15H2,1-2H3,(H,25,28). The minimum Gasteiger partial charge on any atom is -0.345 e. The van der Waals surface area contributed by atoms with Gasteiger partial charge >= 0.3 is 6.03 Å². The van der Waals surface area contributed by atoms with E-state index in [1.807, 2.05) is 50.4 Å². The quantitative estimate of drug-likeness (QED) is 0.561. The molecule has 0 fully saturated rings. The Hall–Kier alpha value is -2.79. The first-order valence-electron chi connectivity index (χ1n) is 9.14. The van der Waals surface area contributed by atoms with Gasteiger partial charge in [-0.2, -0.15) is 0 Å². The molecule has 0 atom stereocenters. The zero-order valence-electron chi connectivity index (χ0n) is 15.9. The van der Waals surface area contributed by atoms with Crippen LogP contribution in [0.5, 0.6) is 0 Å². The molecule has 0 aliphatic heterocycles. The molecule has 0 saturated carbocycles. The molecule has 0 aliphatic carbocycles. The molecule has 2 amide bonds. The highest BCUT2D eigenvalue weighted by molar-refractivity contribution is 6.31. The molecule has 6 heteroatoms. The molecule has 0 unspecified atom stereocenters. The maximum absolute atomic E-state index is 13.3. The first-order valence-corrected chi connectivity index (χ1v) is 9.52. The molecule has 1 N–H and O–H groups in total. The van der Waals surface area contributed by atoms with Crippen LogP contribution in [-0.4, -0.2) is 21.5 Å². The van der Waals surface area contributed by atoms with Crippen molar-refractivity contribution in [3.8, 4) is 0 Å². The van der Waals surface area contributed by atoms with E-state index in [4.69, 9.17) is 11.6 Å². The number of hydrogen-bond acceptors (Lipinski definition) is 1. The van der Waals surface area contributed by atoms with Crippen LogP contribution in [0.25, 0.3) is 0 Å². The summed E-state index contributed by atoms with van der Waals surface area (Å²) in [6.45, 7) is 5.12. The number of amides is 2. The second-order valence-electron chi connectivity index (χ2n) is 6.89. The minimum absolute atomic E-state index is 0.0176. The first-order chi connectivity index (χ1) is 13.4. The van der Waals surface area contributed by atoms with Gasteiger partial charge in [0.15, 0.2) is 0 Å². The number of anilines is 1. The number of hydrogen-bond donors (Lipinski definition) is 1. The highest BCUT2D eigenvalue weighted by Gasteiger charge is 2.19. The third-order valence-electron chi connectivity index (χ3n) is 4.51. The number of nitrogens with zero attached hydrogens (tertiary/aromatic N) is 2. The molecular weight excluding hydrogens is 377 g/mol. The Kier molecular flexibility index (Phi) is 6.37. The predicted molar refractivity (Wildman–Crippen MR) is 111 cm³/mol. The first kappa shape index (κ1) is 20.0. The molecule has 0 aliphatic rings. The van der Waals surface area contributed by atoms with E-state index in [1.54, 1.807) is 4.90 Å². The van der Waals surface area contributed by atoms with Gasteiger partial charge in [0.25, 0.3) is 0 Å². The lowest BCUT2D eigenvalue weighted by Crippen LogP contribution is -2.40. The lowest BCUT2D eigenvalue weighted by atomic mass is 10.2. The van der Waals surface area contributed by atoms with Gasteiger partial charge in [0.1, 0.15) is 5.82 Å². The van der Waals surface area contributed by atoms with E-state index in [0.29, 0.717) is 12.2 Å². The van der Waals surface area contributed by atoms with Crippen LogP contribution < -0.4 is 5.32 Å². The molecule has 3 rings (SSSR count). The average Bonchev–Trinajstić information content (AvgIpc) is 3.10. The van der Waals surface area contributed by atoms with E-state index >= 15 is 0 Å². The van der Waals surface area contributed by atoms with E-state index in [2.05, 4.69) is 22.0 Å². The Morgan fingerprint density at radius 2 is 1.89 bits per heavy atom. The van der Waals surface area contributed by atoms with Crippen LogP contribution in [0.4, 0.5) is 14.9 Å². The van der Waals surface area contributed by atoms with Gasteiger partial charge in [-0.05, 0) is 49.7 Å². The van der Waals surface area contributed by atoms with Crippen molar-refractivity contribution >= 4 is 23.3 Å². The molecule has 1 aromatic heterocycles. The molecule has 0 saturated heterocycles. The van der Waals surface area contributed by atoms with Crippen molar-refractivity contribution in [1.29, 1.82) is 0 Å². The summed E-state index contributed by atoms with van der Waals surface area (Å²) in [4.78, 5) is 14.5. The van der Waals surface area contributed by atoms with Gasteiger partial charge in [-0.25, -0.2) is 9.18 Å². The fraction of sp³-hybridized carbons (Fsp3) is 0.227. The second kappa shape index (κ2) is 8.93. The molecule has 1 heterocycles. The largest absolute Gasteiger partial charge is 0.345 e. The van der Waals surface area contributed by atoms with Gasteiger partial charge in [-0.3, -0.25) is 0 Å². The number of carbonyl (C=O) groups excluding carboxylic acids is 1. The Morgan fingerprint density at radius 1 is 1.14 bits per heavy atom. The lowest BCUT2D eigenvalue weighted by molar-refractivity contribution is 0.192. The van der Waals surface area contributed by atoms with Crippen LogP contribution in [0, 0.1) is 5.82 Å². The van der Waals surface area contributed by atoms with Gasteiger partial charge in [0.05, 0.1) is 11.6 Å². The highest BCUT2D eigenvalue weighted by atomic mass is 35.5. The van der Waals surface area contributed by atoms with Crippen molar-refractivity contribution in [2.45, 2.75) is 33.0 Å². The fourth-order valence-corrected chi connectivity index (χ4v) is 3.14.